The lowest BCUT2D eigenvalue weighted by molar-refractivity contribution is -0.137. The van der Waals surface area contributed by atoms with Crippen LogP contribution in [-0.2, 0) is 6.18 Å². The summed E-state index contributed by atoms with van der Waals surface area (Å²) in [5.41, 5.74) is -0.973. The first-order valence-corrected chi connectivity index (χ1v) is 8.06. The van der Waals surface area contributed by atoms with E-state index in [1.165, 1.54) is 0 Å². The molecule has 2 N–H and O–H groups in total. The van der Waals surface area contributed by atoms with Crippen molar-refractivity contribution in [1.29, 1.82) is 0 Å². The van der Waals surface area contributed by atoms with E-state index in [0.29, 0.717) is 6.07 Å². The van der Waals surface area contributed by atoms with Gasteiger partial charge in [0.05, 0.1) is 12.2 Å². The van der Waals surface area contributed by atoms with Gasteiger partial charge in [0.1, 0.15) is 17.7 Å². The Bertz CT molecular complexity index is 998. The molecule has 3 aromatic rings. The maximum absolute atomic E-state index is 13.2. The minimum atomic E-state index is -4.50. The van der Waals surface area contributed by atoms with Crippen molar-refractivity contribution < 1.29 is 36.4 Å². The van der Waals surface area contributed by atoms with Crippen molar-refractivity contribution in [3.8, 4) is 11.4 Å². The summed E-state index contributed by atoms with van der Waals surface area (Å²) in [5, 5.41) is 15.4. The van der Waals surface area contributed by atoms with Crippen LogP contribution >= 0.6 is 0 Å². The minimum Gasteiger partial charge on any atom is -0.394 e. The number of aliphatic hydroxyl groups is 1. The molecule has 0 aliphatic rings. The molecule has 29 heavy (non-hydrogen) atoms. The van der Waals surface area contributed by atoms with Crippen LogP contribution in [0.15, 0.2) is 47.0 Å². The first-order valence-electron chi connectivity index (χ1n) is 8.06. The van der Waals surface area contributed by atoms with Gasteiger partial charge in [-0.25, -0.2) is 8.78 Å². The number of nitrogens with zero attached hydrogens (tertiary/aromatic N) is 2. The summed E-state index contributed by atoms with van der Waals surface area (Å²) in [5.74, 6) is -3.14. The molecule has 152 valence electrons. The largest absolute Gasteiger partial charge is 0.416 e. The van der Waals surface area contributed by atoms with Crippen LogP contribution in [0.2, 0.25) is 0 Å². The van der Waals surface area contributed by atoms with Gasteiger partial charge in [-0.15, -0.1) is 0 Å². The average Bonchev–Trinajstić information content (AvgIpc) is 3.14. The first kappa shape index (κ1) is 20.4. The van der Waals surface area contributed by atoms with Crippen LogP contribution < -0.4 is 5.32 Å². The van der Waals surface area contributed by atoms with Crippen molar-refractivity contribution in [3.05, 3.63) is 71.1 Å². The molecule has 1 aromatic heterocycles. The Hall–Kier alpha value is -3.34. The molecule has 0 spiro atoms. The number of aliphatic hydroxyl groups excluding tert-OH is 1. The average molecular weight is 413 g/mol. The number of hydrogen-bond donors (Lipinski definition) is 2. The third kappa shape index (κ3) is 4.74. The van der Waals surface area contributed by atoms with E-state index in [0.717, 1.165) is 36.4 Å². The molecule has 2 aromatic carbocycles. The van der Waals surface area contributed by atoms with Gasteiger partial charge >= 0.3 is 6.18 Å². The molecule has 0 radical (unpaired) electrons. The topological polar surface area (TPSA) is 88.2 Å². The summed E-state index contributed by atoms with van der Waals surface area (Å²) < 4.78 is 69.3. The minimum absolute atomic E-state index is 0.0711. The molecular formula is C18H12F5N3O3. The molecular weight excluding hydrogens is 401 g/mol. The van der Waals surface area contributed by atoms with Crippen molar-refractivity contribution in [2.75, 3.05) is 6.61 Å². The molecule has 11 heteroatoms. The van der Waals surface area contributed by atoms with Gasteiger partial charge in [0, 0.05) is 17.2 Å². The molecule has 6 nitrogen and oxygen atoms in total. The zero-order chi connectivity index (χ0) is 21.2. The summed E-state index contributed by atoms with van der Waals surface area (Å²) in [6.45, 7) is -0.682. The number of rotatable bonds is 5. The summed E-state index contributed by atoms with van der Waals surface area (Å²) in [4.78, 5) is 16.1. The smallest absolute Gasteiger partial charge is 0.394 e. The Balaban J connectivity index is 1.77. The second-order valence-corrected chi connectivity index (χ2v) is 5.90. The van der Waals surface area contributed by atoms with Gasteiger partial charge in [0.2, 0.25) is 5.82 Å². The summed E-state index contributed by atoms with van der Waals surface area (Å²) >= 11 is 0. The van der Waals surface area contributed by atoms with Gasteiger partial charge < -0.3 is 14.9 Å². The predicted molar refractivity (Wildman–Crippen MR) is 88.4 cm³/mol. The lowest BCUT2D eigenvalue weighted by atomic mass is 10.1. The number of carbonyl (C=O) groups is 1. The van der Waals surface area contributed by atoms with E-state index in [9.17, 15) is 31.9 Å². The molecule has 3 rings (SSSR count). The van der Waals surface area contributed by atoms with E-state index >= 15 is 0 Å². The molecule has 1 amide bonds. The van der Waals surface area contributed by atoms with Crippen molar-refractivity contribution >= 4 is 5.91 Å². The van der Waals surface area contributed by atoms with Gasteiger partial charge in [-0.2, -0.15) is 18.2 Å². The van der Waals surface area contributed by atoms with E-state index in [2.05, 4.69) is 15.5 Å². The normalized spacial score (nSPS) is 12.6. The highest BCUT2D eigenvalue weighted by molar-refractivity contribution is 5.94. The lowest BCUT2D eigenvalue weighted by Crippen LogP contribution is -2.31. The lowest BCUT2D eigenvalue weighted by Gasteiger charge is -2.12. The number of alkyl halides is 3. The Morgan fingerprint density at radius 1 is 1.10 bits per heavy atom. The Kier molecular flexibility index (Phi) is 5.59. The molecule has 1 atom stereocenters. The van der Waals surface area contributed by atoms with E-state index in [-0.39, 0.29) is 22.8 Å². The monoisotopic (exact) mass is 413 g/mol. The summed E-state index contributed by atoms with van der Waals surface area (Å²) in [6.07, 6.45) is -4.50. The van der Waals surface area contributed by atoms with Gasteiger partial charge in [-0.3, -0.25) is 4.79 Å². The Morgan fingerprint density at radius 3 is 2.28 bits per heavy atom. The zero-order valence-electron chi connectivity index (χ0n) is 14.4. The molecule has 0 aliphatic carbocycles. The predicted octanol–water partition coefficient (Wildman–Crippen LogP) is 3.50. The molecule has 1 unspecified atom stereocenters. The van der Waals surface area contributed by atoms with Crippen molar-refractivity contribution in [3.63, 3.8) is 0 Å². The van der Waals surface area contributed by atoms with Crippen molar-refractivity contribution in [1.82, 2.24) is 15.5 Å². The summed E-state index contributed by atoms with van der Waals surface area (Å²) in [6, 6.07) is 4.95. The SMILES string of the molecule is O=C(NC(CO)c1nc(-c2ccc(C(F)(F)F)cc2)no1)c1cc(F)cc(F)c1. The highest BCUT2D eigenvalue weighted by Crippen LogP contribution is 2.30. The highest BCUT2D eigenvalue weighted by atomic mass is 19.4. The van der Waals surface area contributed by atoms with E-state index in [4.69, 9.17) is 4.52 Å². The molecule has 0 bridgehead atoms. The second-order valence-electron chi connectivity index (χ2n) is 5.90. The van der Waals surface area contributed by atoms with E-state index < -0.39 is 41.9 Å². The molecule has 0 saturated heterocycles. The molecule has 0 aliphatic heterocycles. The fourth-order valence-electron chi connectivity index (χ4n) is 2.41. The fraction of sp³-hybridized carbons (Fsp3) is 0.167. The first-order chi connectivity index (χ1) is 13.7. The Labute approximate surface area is 160 Å². The van der Waals surface area contributed by atoms with Gasteiger partial charge in [-0.05, 0) is 24.3 Å². The number of hydrogen-bond acceptors (Lipinski definition) is 5. The van der Waals surface area contributed by atoms with Crippen molar-refractivity contribution in [2.45, 2.75) is 12.2 Å². The van der Waals surface area contributed by atoms with Gasteiger partial charge in [0.15, 0.2) is 0 Å². The van der Waals surface area contributed by atoms with E-state index in [1.54, 1.807) is 0 Å². The zero-order valence-corrected chi connectivity index (χ0v) is 14.4. The quantitative estimate of drug-likeness (QED) is 0.626. The van der Waals surface area contributed by atoms with Crippen molar-refractivity contribution in [2.24, 2.45) is 0 Å². The number of halogens is 5. The molecule has 0 fully saturated rings. The maximum atomic E-state index is 13.2. The second kappa shape index (κ2) is 7.95. The van der Waals surface area contributed by atoms with Crippen LogP contribution in [0.3, 0.4) is 0 Å². The van der Waals surface area contributed by atoms with Crippen LogP contribution in [0.5, 0.6) is 0 Å². The molecule has 0 saturated carbocycles. The number of nitrogens with one attached hydrogen (secondary N) is 1. The third-order valence-corrected chi connectivity index (χ3v) is 3.82. The highest BCUT2D eigenvalue weighted by Gasteiger charge is 2.30. The number of benzene rings is 2. The maximum Gasteiger partial charge on any atom is 0.416 e. The van der Waals surface area contributed by atoms with Crippen LogP contribution in [0.4, 0.5) is 22.0 Å². The summed E-state index contributed by atoms with van der Waals surface area (Å²) in [7, 11) is 0. The molecule has 1 heterocycles. The third-order valence-electron chi connectivity index (χ3n) is 3.82. The van der Waals surface area contributed by atoms with Gasteiger partial charge in [0.25, 0.3) is 11.8 Å². The van der Waals surface area contributed by atoms with Crippen LogP contribution in [0, 0.1) is 11.6 Å². The number of amides is 1. The van der Waals surface area contributed by atoms with Gasteiger partial charge in [-0.1, -0.05) is 17.3 Å². The van der Waals surface area contributed by atoms with E-state index in [1.807, 2.05) is 0 Å². The number of aromatic nitrogens is 2. The fourth-order valence-corrected chi connectivity index (χ4v) is 2.41. The standard InChI is InChI=1S/C18H12F5N3O3/c19-12-5-10(6-13(20)7-12)16(28)24-14(8-27)17-25-15(26-29-17)9-1-3-11(4-2-9)18(21,22)23/h1-7,14,27H,8H2,(H,24,28). The van der Waals surface area contributed by atoms with Crippen LogP contribution in [0.1, 0.15) is 27.9 Å². The van der Waals surface area contributed by atoms with Crippen LogP contribution in [0.25, 0.3) is 11.4 Å². The van der Waals surface area contributed by atoms with Crippen LogP contribution in [-0.4, -0.2) is 27.8 Å². The Morgan fingerprint density at radius 2 is 1.72 bits per heavy atom. The number of carbonyl (C=O) groups excluding carboxylic acids is 1.